The Morgan fingerprint density at radius 3 is 2.57 bits per heavy atom. The second-order valence-corrected chi connectivity index (χ2v) is 8.67. The number of aryl methyl sites for hydroxylation is 1. The summed E-state index contributed by atoms with van der Waals surface area (Å²) in [6.45, 7) is 6.39. The highest BCUT2D eigenvalue weighted by Crippen LogP contribution is 2.33. The van der Waals surface area contributed by atoms with Crippen LogP contribution in [0.4, 0.5) is 0 Å². The molecule has 0 aliphatic carbocycles. The van der Waals surface area contributed by atoms with E-state index in [-0.39, 0.29) is 17.4 Å². The molecule has 0 bridgehead atoms. The molecule has 2 heterocycles. The highest BCUT2D eigenvalue weighted by molar-refractivity contribution is 7.26. The fourth-order valence-electron chi connectivity index (χ4n) is 3.83. The second-order valence-electron chi connectivity index (χ2n) is 7.62. The van der Waals surface area contributed by atoms with Gasteiger partial charge in [0.25, 0.3) is 5.56 Å². The third-order valence-corrected chi connectivity index (χ3v) is 6.82. The van der Waals surface area contributed by atoms with Gasteiger partial charge in [-0.15, -0.1) is 11.3 Å². The number of aromatic nitrogens is 2. The van der Waals surface area contributed by atoms with Crippen LogP contribution < -0.4 is 10.9 Å². The predicted molar refractivity (Wildman–Crippen MR) is 123 cm³/mol. The van der Waals surface area contributed by atoms with E-state index in [9.17, 15) is 9.59 Å². The van der Waals surface area contributed by atoms with Gasteiger partial charge in [-0.25, -0.2) is 4.68 Å². The van der Waals surface area contributed by atoms with E-state index in [1.54, 1.807) is 11.3 Å². The molecule has 30 heavy (non-hydrogen) atoms. The molecule has 154 valence electrons. The van der Waals surface area contributed by atoms with Crippen molar-refractivity contribution in [3.63, 3.8) is 0 Å². The lowest BCUT2D eigenvalue weighted by Crippen LogP contribution is -2.39. The number of fused-ring (bicyclic) bond motifs is 3. The summed E-state index contributed by atoms with van der Waals surface area (Å²) in [5, 5.41) is 9.13. The van der Waals surface area contributed by atoms with Crippen LogP contribution in [-0.4, -0.2) is 22.2 Å². The molecule has 2 aromatic heterocycles. The van der Waals surface area contributed by atoms with E-state index in [1.165, 1.54) is 10.2 Å². The summed E-state index contributed by atoms with van der Waals surface area (Å²) in [5.41, 5.74) is 1.74. The number of benzene rings is 2. The molecule has 0 aliphatic rings. The molecule has 2 atom stereocenters. The van der Waals surface area contributed by atoms with Gasteiger partial charge in [0.1, 0.15) is 6.04 Å². The van der Waals surface area contributed by atoms with Crippen molar-refractivity contribution in [3.8, 4) is 0 Å². The smallest absolute Gasteiger partial charge is 0.276 e. The summed E-state index contributed by atoms with van der Waals surface area (Å²) in [6.07, 6.45) is 0.492. The minimum atomic E-state index is -0.637. The van der Waals surface area contributed by atoms with Crippen molar-refractivity contribution in [2.75, 3.05) is 6.54 Å². The van der Waals surface area contributed by atoms with Gasteiger partial charge < -0.3 is 5.32 Å². The largest absolute Gasteiger partial charge is 0.354 e. The van der Waals surface area contributed by atoms with Gasteiger partial charge in [0.2, 0.25) is 5.91 Å². The second kappa shape index (κ2) is 8.40. The van der Waals surface area contributed by atoms with Gasteiger partial charge in [-0.1, -0.05) is 62.4 Å². The van der Waals surface area contributed by atoms with Crippen molar-refractivity contribution in [1.82, 2.24) is 15.1 Å². The van der Waals surface area contributed by atoms with Crippen molar-refractivity contribution in [2.45, 2.75) is 39.2 Å². The molecule has 0 radical (unpaired) electrons. The number of hydrogen-bond donors (Lipinski definition) is 1. The monoisotopic (exact) mass is 419 g/mol. The van der Waals surface area contributed by atoms with Crippen molar-refractivity contribution >= 4 is 37.4 Å². The summed E-state index contributed by atoms with van der Waals surface area (Å²) in [4.78, 5) is 26.4. The first kappa shape index (κ1) is 20.3. The highest BCUT2D eigenvalue weighted by Gasteiger charge is 2.24. The topological polar surface area (TPSA) is 64.0 Å². The number of amides is 1. The molecular formula is C24H25N3O2S. The predicted octanol–water partition coefficient (Wildman–Crippen LogP) is 4.79. The number of nitrogens with zero attached hydrogens (tertiary/aromatic N) is 2. The Hall–Kier alpha value is -2.99. The molecule has 4 aromatic rings. The zero-order valence-electron chi connectivity index (χ0n) is 17.4. The first-order valence-electron chi connectivity index (χ1n) is 10.2. The maximum absolute atomic E-state index is 13.3. The van der Waals surface area contributed by atoms with Crippen LogP contribution in [-0.2, 0) is 4.79 Å². The number of nitrogens with one attached hydrogen (secondary N) is 1. The van der Waals surface area contributed by atoms with Gasteiger partial charge in [-0.05, 0) is 30.9 Å². The molecule has 0 saturated carbocycles. The maximum Gasteiger partial charge on any atom is 0.276 e. The molecule has 1 N–H and O–H groups in total. The average Bonchev–Trinajstić information content (AvgIpc) is 3.17. The van der Waals surface area contributed by atoms with Crippen LogP contribution in [0, 0.1) is 6.92 Å². The Kier molecular flexibility index (Phi) is 5.68. The van der Waals surface area contributed by atoms with Crippen LogP contribution in [0.15, 0.2) is 59.4 Å². The maximum atomic E-state index is 13.3. The molecule has 4 rings (SSSR count). The summed E-state index contributed by atoms with van der Waals surface area (Å²) in [5.74, 6) is 0.00976. The van der Waals surface area contributed by atoms with Crippen LogP contribution in [0.25, 0.3) is 20.2 Å². The lowest BCUT2D eigenvalue weighted by Gasteiger charge is -2.19. The lowest BCUT2D eigenvalue weighted by molar-refractivity contribution is -0.124. The third-order valence-electron chi connectivity index (χ3n) is 5.54. The zero-order chi connectivity index (χ0) is 21.3. The quantitative estimate of drug-likeness (QED) is 0.489. The summed E-state index contributed by atoms with van der Waals surface area (Å²) < 4.78 is 3.33. The van der Waals surface area contributed by atoms with E-state index in [4.69, 9.17) is 0 Å². The molecule has 0 saturated heterocycles. The zero-order valence-corrected chi connectivity index (χ0v) is 18.2. The van der Waals surface area contributed by atoms with Crippen molar-refractivity contribution in [2.24, 2.45) is 0 Å². The van der Waals surface area contributed by atoms with Crippen LogP contribution in [0.5, 0.6) is 0 Å². The molecule has 2 aromatic carbocycles. The van der Waals surface area contributed by atoms with Crippen LogP contribution in [0.2, 0.25) is 0 Å². The Morgan fingerprint density at radius 2 is 1.83 bits per heavy atom. The minimum absolute atomic E-state index is 0.173. The van der Waals surface area contributed by atoms with Crippen molar-refractivity contribution < 1.29 is 4.79 Å². The number of carbonyl (C=O) groups excluding carboxylic acids is 1. The SMILES string of the molecule is CC[C@@H](C(=O)NC[C@H](C)c1ccccc1)n1nc(C)c2sc3ccccc3c2c1=O. The average molecular weight is 420 g/mol. The molecule has 0 spiro atoms. The summed E-state index contributed by atoms with van der Waals surface area (Å²) in [6, 6.07) is 17.3. The van der Waals surface area contributed by atoms with E-state index in [1.807, 2.05) is 56.3 Å². The molecule has 5 nitrogen and oxygen atoms in total. The first-order valence-corrected chi connectivity index (χ1v) is 11.1. The Morgan fingerprint density at radius 1 is 1.13 bits per heavy atom. The number of rotatable bonds is 6. The van der Waals surface area contributed by atoms with Crippen LogP contribution in [0.1, 0.15) is 43.5 Å². The molecule has 0 unspecified atom stereocenters. The Balaban J connectivity index is 1.65. The van der Waals surface area contributed by atoms with E-state index < -0.39 is 6.04 Å². The van der Waals surface area contributed by atoms with Gasteiger partial charge >= 0.3 is 0 Å². The fraction of sp³-hybridized carbons (Fsp3) is 0.292. The number of thiophene rings is 1. The molecule has 0 aliphatic heterocycles. The van der Waals surface area contributed by atoms with Crippen LogP contribution >= 0.6 is 11.3 Å². The molecule has 1 amide bonds. The van der Waals surface area contributed by atoms with Gasteiger partial charge in [-0.2, -0.15) is 5.10 Å². The minimum Gasteiger partial charge on any atom is -0.354 e. The fourth-order valence-corrected chi connectivity index (χ4v) is 4.97. The van der Waals surface area contributed by atoms with Crippen molar-refractivity contribution in [3.05, 3.63) is 76.2 Å². The lowest BCUT2D eigenvalue weighted by atomic mass is 10.0. The number of carbonyl (C=O) groups is 1. The van der Waals surface area contributed by atoms with E-state index in [2.05, 4.69) is 29.5 Å². The highest BCUT2D eigenvalue weighted by atomic mass is 32.1. The molecule has 6 heteroatoms. The van der Waals surface area contributed by atoms with E-state index in [0.29, 0.717) is 18.4 Å². The summed E-state index contributed by atoms with van der Waals surface area (Å²) in [7, 11) is 0. The van der Waals surface area contributed by atoms with E-state index >= 15 is 0 Å². The summed E-state index contributed by atoms with van der Waals surface area (Å²) >= 11 is 1.57. The van der Waals surface area contributed by atoms with Crippen LogP contribution in [0.3, 0.4) is 0 Å². The third kappa shape index (κ3) is 3.63. The van der Waals surface area contributed by atoms with Gasteiger partial charge in [-0.3, -0.25) is 9.59 Å². The normalized spacial score (nSPS) is 13.4. The number of hydrogen-bond acceptors (Lipinski definition) is 4. The Labute approximate surface area is 179 Å². The Bertz CT molecular complexity index is 1260. The van der Waals surface area contributed by atoms with Gasteiger partial charge in [0, 0.05) is 16.6 Å². The van der Waals surface area contributed by atoms with Crippen molar-refractivity contribution in [1.29, 1.82) is 0 Å². The standard InChI is InChI=1S/C24H25N3O2S/c1-4-19(23(28)25-14-15(2)17-10-6-5-7-11-17)27-24(29)21-18-12-8-9-13-20(18)30-22(21)16(3)26-27/h5-13,15,19H,4,14H2,1-3H3,(H,25,28)/t15-,19-/m0/s1. The first-order chi connectivity index (χ1) is 14.5. The molecular weight excluding hydrogens is 394 g/mol. The van der Waals surface area contributed by atoms with Gasteiger partial charge in [0.15, 0.2) is 0 Å². The molecule has 0 fully saturated rings. The van der Waals surface area contributed by atoms with E-state index in [0.717, 1.165) is 20.5 Å². The van der Waals surface area contributed by atoms with Gasteiger partial charge in [0.05, 0.1) is 15.8 Å².